The molecule has 8 nitrogen and oxygen atoms in total. The first kappa shape index (κ1) is 24.1. The maximum absolute atomic E-state index is 12.3. The molecule has 180 valence electrons. The third-order valence-corrected chi connectivity index (χ3v) is 5.94. The van der Waals surface area contributed by atoms with Crippen LogP contribution in [0.25, 0.3) is 22.5 Å². The van der Waals surface area contributed by atoms with Crippen LogP contribution in [0.1, 0.15) is 41.6 Å². The maximum Gasteiger partial charge on any atom is 0.305 e. The quantitative estimate of drug-likeness (QED) is 0.471. The molecule has 1 amide bonds. The van der Waals surface area contributed by atoms with Crippen molar-refractivity contribution in [1.82, 2.24) is 15.5 Å². The van der Waals surface area contributed by atoms with Crippen LogP contribution < -0.4 is 5.32 Å². The fourth-order valence-corrected chi connectivity index (χ4v) is 4.27. The highest BCUT2D eigenvalue weighted by Crippen LogP contribution is 2.45. The van der Waals surface area contributed by atoms with E-state index in [2.05, 4.69) is 40.6 Å². The highest BCUT2D eigenvalue weighted by molar-refractivity contribution is 5.95. The lowest BCUT2D eigenvalue weighted by Gasteiger charge is -2.34. The fraction of sp³-hybridized carbons (Fsp3) is 0.259. The predicted octanol–water partition coefficient (Wildman–Crippen LogP) is 4.46. The zero-order valence-electron chi connectivity index (χ0n) is 19.7. The van der Waals surface area contributed by atoms with Crippen molar-refractivity contribution in [3.63, 3.8) is 0 Å². The number of carbonyl (C=O) groups is 2. The number of hydrogen-bond donors (Lipinski definition) is 2. The number of nitrogens with zero attached hydrogens (tertiary/aromatic N) is 2. The lowest BCUT2D eigenvalue weighted by Crippen LogP contribution is -2.27. The predicted molar refractivity (Wildman–Crippen MR) is 131 cm³/mol. The number of rotatable bonds is 9. The monoisotopic (exact) mass is 473 g/mol. The lowest BCUT2D eigenvalue weighted by atomic mass is 9.71. The van der Waals surface area contributed by atoms with Gasteiger partial charge in [0.15, 0.2) is 0 Å². The summed E-state index contributed by atoms with van der Waals surface area (Å²) in [6.07, 6.45) is 4.61. The van der Waals surface area contributed by atoms with Crippen LogP contribution in [0.2, 0.25) is 0 Å². The van der Waals surface area contributed by atoms with E-state index in [1.165, 1.54) is 5.57 Å². The second-order valence-corrected chi connectivity index (χ2v) is 8.71. The van der Waals surface area contributed by atoms with E-state index in [4.69, 9.17) is 14.4 Å². The standard InChI is InChI=1S/C27H27N3O5/c1-27(17-34-2)16-21(11-12-22(27)18-7-4-3-5-8-18)26-29-24(30-35-26)19-9-6-10-20(15-19)25(33)28-14-13-23(31)32/h3-12,15H,13-14,16-17H2,1-2H3,(H,28,33)(H,31,32). The third kappa shape index (κ3) is 5.55. The zero-order chi connectivity index (χ0) is 24.8. The molecule has 4 rings (SSSR count). The van der Waals surface area contributed by atoms with E-state index in [1.54, 1.807) is 31.4 Å². The van der Waals surface area contributed by atoms with Gasteiger partial charge in [-0.3, -0.25) is 9.59 Å². The number of amides is 1. The van der Waals surface area contributed by atoms with Crippen LogP contribution in [-0.4, -0.2) is 47.4 Å². The van der Waals surface area contributed by atoms with Crippen molar-refractivity contribution >= 4 is 23.0 Å². The molecule has 0 spiro atoms. The summed E-state index contributed by atoms with van der Waals surface area (Å²) in [5.41, 5.74) is 3.98. The molecular formula is C27H27N3O5. The average Bonchev–Trinajstić information content (AvgIpc) is 3.35. The number of aliphatic carboxylic acids is 1. The summed E-state index contributed by atoms with van der Waals surface area (Å²) in [6, 6.07) is 17.0. The largest absolute Gasteiger partial charge is 0.481 e. The van der Waals surface area contributed by atoms with Gasteiger partial charge in [-0.15, -0.1) is 0 Å². The molecule has 0 aliphatic heterocycles. The first-order chi connectivity index (χ1) is 16.9. The van der Waals surface area contributed by atoms with E-state index < -0.39 is 5.97 Å². The Morgan fingerprint density at radius 3 is 2.63 bits per heavy atom. The van der Waals surface area contributed by atoms with Crippen molar-refractivity contribution in [1.29, 1.82) is 0 Å². The molecule has 0 saturated heterocycles. The molecule has 0 bridgehead atoms. The van der Waals surface area contributed by atoms with Gasteiger partial charge < -0.3 is 19.7 Å². The molecule has 1 heterocycles. The molecule has 3 aromatic rings. The number of carboxylic acid groups (broad SMARTS) is 1. The minimum absolute atomic E-state index is 0.0532. The fourth-order valence-electron chi connectivity index (χ4n) is 4.27. The molecule has 2 N–H and O–H groups in total. The topological polar surface area (TPSA) is 115 Å². The molecule has 0 radical (unpaired) electrons. The van der Waals surface area contributed by atoms with E-state index in [9.17, 15) is 9.59 Å². The Hall–Kier alpha value is -4.04. The summed E-state index contributed by atoms with van der Waals surface area (Å²) in [7, 11) is 1.70. The molecule has 35 heavy (non-hydrogen) atoms. The maximum atomic E-state index is 12.3. The first-order valence-electron chi connectivity index (χ1n) is 11.3. The summed E-state index contributed by atoms with van der Waals surface area (Å²) in [6.45, 7) is 2.74. The summed E-state index contributed by atoms with van der Waals surface area (Å²) in [4.78, 5) is 27.6. The van der Waals surface area contributed by atoms with Crippen LogP contribution in [0.5, 0.6) is 0 Å². The summed E-state index contributed by atoms with van der Waals surface area (Å²) in [5, 5.41) is 15.5. The van der Waals surface area contributed by atoms with Crippen molar-refractivity contribution in [2.75, 3.05) is 20.3 Å². The SMILES string of the molecule is COCC1(C)CC(c2nc(-c3cccc(C(=O)NCCC(=O)O)c3)no2)=CC=C1c1ccccc1. The smallest absolute Gasteiger partial charge is 0.305 e. The number of aromatic nitrogens is 2. The van der Waals surface area contributed by atoms with Gasteiger partial charge in [0.1, 0.15) is 0 Å². The Balaban J connectivity index is 1.57. The lowest BCUT2D eigenvalue weighted by molar-refractivity contribution is -0.136. The summed E-state index contributed by atoms with van der Waals surface area (Å²) >= 11 is 0. The number of ether oxygens (including phenoxy) is 1. The molecule has 8 heteroatoms. The van der Waals surface area contributed by atoms with Gasteiger partial charge in [-0.2, -0.15) is 4.98 Å². The molecule has 0 saturated carbocycles. The van der Waals surface area contributed by atoms with E-state index in [-0.39, 0.29) is 24.3 Å². The number of carboxylic acids is 1. The Morgan fingerprint density at radius 2 is 1.89 bits per heavy atom. The van der Waals surface area contributed by atoms with E-state index in [0.29, 0.717) is 35.9 Å². The summed E-state index contributed by atoms with van der Waals surface area (Å²) < 4.78 is 11.2. The minimum atomic E-state index is -0.970. The van der Waals surface area contributed by atoms with Gasteiger partial charge in [-0.05, 0) is 29.7 Å². The molecule has 0 fully saturated rings. The minimum Gasteiger partial charge on any atom is -0.481 e. The molecular weight excluding hydrogens is 446 g/mol. The number of nitrogens with one attached hydrogen (secondary N) is 1. The van der Waals surface area contributed by atoms with E-state index >= 15 is 0 Å². The molecule has 1 unspecified atom stereocenters. The number of benzene rings is 2. The molecule has 1 aromatic heterocycles. The van der Waals surface area contributed by atoms with Gasteiger partial charge in [-0.1, -0.05) is 66.7 Å². The van der Waals surface area contributed by atoms with E-state index in [1.807, 2.05) is 24.3 Å². The van der Waals surface area contributed by atoms with Crippen LogP contribution in [0.4, 0.5) is 0 Å². The number of methoxy groups -OCH3 is 1. The number of hydrogen-bond acceptors (Lipinski definition) is 6. The van der Waals surface area contributed by atoms with Crippen molar-refractivity contribution in [3.8, 4) is 11.4 Å². The Labute approximate surface area is 203 Å². The van der Waals surface area contributed by atoms with Crippen LogP contribution in [0, 0.1) is 5.41 Å². The molecule has 1 aliphatic rings. The normalized spacial score (nSPS) is 17.4. The van der Waals surface area contributed by atoms with Gasteiger partial charge in [0.25, 0.3) is 11.8 Å². The van der Waals surface area contributed by atoms with Crippen molar-refractivity contribution in [2.24, 2.45) is 5.41 Å². The highest BCUT2D eigenvalue weighted by atomic mass is 16.5. The second kappa shape index (κ2) is 10.5. The van der Waals surface area contributed by atoms with E-state index in [0.717, 1.165) is 11.1 Å². The third-order valence-electron chi connectivity index (χ3n) is 5.94. The van der Waals surface area contributed by atoms with Crippen molar-refractivity contribution in [2.45, 2.75) is 19.8 Å². The molecule has 1 atom stereocenters. The average molecular weight is 474 g/mol. The van der Waals surface area contributed by atoms with Crippen molar-refractivity contribution < 1.29 is 24.0 Å². The van der Waals surface area contributed by atoms with Gasteiger partial charge in [0.2, 0.25) is 5.82 Å². The van der Waals surface area contributed by atoms with Crippen LogP contribution in [0.15, 0.2) is 71.3 Å². The van der Waals surface area contributed by atoms with Gasteiger partial charge in [0.05, 0.1) is 13.0 Å². The van der Waals surface area contributed by atoms with Crippen LogP contribution >= 0.6 is 0 Å². The Bertz CT molecular complexity index is 1280. The number of carbonyl (C=O) groups excluding carboxylic acids is 1. The second-order valence-electron chi connectivity index (χ2n) is 8.71. The Morgan fingerprint density at radius 1 is 1.11 bits per heavy atom. The van der Waals surface area contributed by atoms with Gasteiger partial charge in [0, 0.05) is 35.8 Å². The summed E-state index contributed by atoms with van der Waals surface area (Å²) in [5.74, 6) is -0.544. The van der Waals surface area contributed by atoms with Crippen LogP contribution in [0.3, 0.4) is 0 Å². The zero-order valence-corrected chi connectivity index (χ0v) is 19.7. The van der Waals surface area contributed by atoms with Crippen molar-refractivity contribution in [3.05, 3.63) is 83.8 Å². The molecule has 2 aromatic carbocycles. The Kier molecular flexibility index (Phi) is 7.22. The number of allylic oxidation sites excluding steroid dienone is 3. The molecule has 1 aliphatic carbocycles. The highest BCUT2D eigenvalue weighted by Gasteiger charge is 2.35. The first-order valence-corrected chi connectivity index (χ1v) is 11.3. The van der Waals surface area contributed by atoms with Crippen LogP contribution in [-0.2, 0) is 9.53 Å². The van der Waals surface area contributed by atoms with Gasteiger partial charge in [-0.25, -0.2) is 0 Å². The van der Waals surface area contributed by atoms with Gasteiger partial charge >= 0.3 is 5.97 Å².